The fourth-order valence-electron chi connectivity index (χ4n) is 4.88. The van der Waals surface area contributed by atoms with Crippen molar-refractivity contribution in [3.8, 4) is 0 Å². The molecule has 10 nitrogen and oxygen atoms in total. The highest BCUT2D eigenvalue weighted by molar-refractivity contribution is 7.13. The molecule has 0 aliphatic carbocycles. The number of aromatic nitrogens is 1. The minimum absolute atomic E-state index is 0.106. The number of β-lactam (4-membered cyclic amide) rings is 1. The number of hydrogen-bond acceptors (Lipinski definition) is 7. The van der Waals surface area contributed by atoms with Crippen molar-refractivity contribution in [3.63, 3.8) is 0 Å². The van der Waals surface area contributed by atoms with Crippen LogP contribution in [-0.2, 0) is 9.59 Å². The van der Waals surface area contributed by atoms with Crippen molar-refractivity contribution < 1.29 is 24.3 Å². The number of likely N-dealkylation sites (tertiary alicyclic amines) is 1. The summed E-state index contributed by atoms with van der Waals surface area (Å²) in [5, 5.41) is 13.8. The van der Waals surface area contributed by atoms with Crippen molar-refractivity contribution in [1.29, 1.82) is 0 Å². The van der Waals surface area contributed by atoms with Crippen molar-refractivity contribution in [3.05, 3.63) is 15.6 Å². The smallest absolute Gasteiger partial charge is 0.327 e. The summed E-state index contributed by atoms with van der Waals surface area (Å²) < 4.78 is 0. The van der Waals surface area contributed by atoms with Crippen LogP contribution in [0.1, 0.15) is 39.6 Å². The van der Waals surface area contributed by atoms with Crippen LogP contribution in [-0.4, -0.2) is 93.9 Å². The second kappa shape index (κ2) is 9.14. The molecule has 174 valence electrons. The predicted octanol–water partition coefficient (Wildman–Crippen LogP) is 0.939. The van der Waals surface area contributed by atoms with Gasteiger partial charge in [-0.05, 0) is 52.1 Å². The number of rotatable bonds is 4. The summed E-state index contributed by atoms with van der Waals surface area (Å²) in [5.74, 6) is -1.97. The van der Waals surface area contributed by atoms with Crippen LogP contribution in [0.15, 0.2) is 0 Å². The van der Waals surface area contributed by atoms with E-state index in [4.69, 9.17) is 0 Å². The van der Waals surface area contributed by atoms with E-state index in [1.807, 2.05) is 6.92 Å². The molecule has 0 unspecified atom stereocenters. The normalized spacial score (nSPS) is 24.4. The van der Waals surface area contributed by atoms with Crippen molar-refractivity contribution in [2.24, 2.45) is 11.8 Å². The maximum atomic E-state index is 13.0. The van der Waals surface area contributed by atoms with Crippen LogP contribution in [0.3, 0.4) is 0 Å². The molecular weight excluding hydrogens is 434 g/mol. The van der Waals surface area contributed by atoms with E-state index in [2.05, 4.69) is 10.3 Å². The summed E-state index contributed by atoms with van der Waals surface area (Å²) in [4.78, 5) is 59.4. The zero-order valence-electron chi connectivity index (χ0n) is 18.4. The van der Waals surface area contributed by atoms with E-state index >= 15 is 0 Å². The summed E-state index contributed by atoms with van der Waals surface area (Å²) in [6, 6.07) is -1.67. The molecule has 4 rings (SSSR count). The van der Waals surface area contributed by atoms with Gasteiger partial charge < -0.3 is 20.2 Å². The number of piperazine rings is 1. The minimum Gasteiger partial charge on any atom is -0.480 e. The Balaban J connectivity index is 1.36. The quantitative estimate of drug-likeness (QED) is 0.637. The number of aliphatic carboxylic acids is 1. The predicted molar refractivity (Wildman–Crippen MR) is 116 cm³/mol. The Kier molecular flexibility index (Phi) is 6.47. The standard InChI is InChI=1S/C21H29N5O5S/c1-12-17(32-13(2)23-12)19(28)24-7-9-25(10-8-24)21(31)26-16(20(29)30)15(18(26)27)11-14-3-5-22-6-4-14/h14-16,22H,3-11H2,1-2H3,(H,29,30)/t15-,16+/m1/s1. The third-order valence-corrected chi connectivity index (χ3v) is 7.72. The first-order valence-electron chi connectivity index (χ1n) is 11.1. The number of nitrogens with zero attached hydrogens (tertiary/aromatic N) is 4. The molecule has 11 heteroatoms. The summed E-state index contributed by atoms with van der Waals surface area (Å²) in [5.41, 5.74) is 0.700. The molecule has 4 heterocycles. The average Bonchev–Trinajstić information content (AvgIpc) is 3.13. The number of carboxylic acid groups (broad SMARTS) is 1. The van der Waals surface area contributed by atoms with Crippen molar-refractivity contribution in [2.45, 2.75) is 39.2 Å². The number of thiazole rings is 1. The number of piperidine rings is 1. The minimum atomic E-state index is -1.14. The van der Waals surface area contributed by atoms with Crippen LogP contribution < -0.4 is 5.32 Å². The lowest BCUT2D eigenvalue weighted by Crippen LogP contribution is -2.69. The van der Waals surface area contributed by atoms with E-state index in [-0.39, 0.29) is 19.0 Å². The largest absolute Gasteiger partial charge is 0.480 e. The topological polar surface area (TPSA) is 123 Å². The maximum Gasteiger partial charge on any atom is 0.327 e. The third-order valence-electron chi connectivity index (χ3n) is 6.65. The van der Waals surface area contributed by atoms with Crippen LogP contribution >= 0.6 is 11.3 Å². The SMILES string of the molecule is Cc1nc(C)c(C(=O)N2CCN(C(=O)N3C(=O)[C@H](CC4CCNCC4)[C@H]3C(=O)O)CC2)s1. The Hall–Kier alpha value is -2.53. The number of carbonyl (C=O) groups excluding carboxylic acids is 3. The Morgan fingerprint density at radius 2 is 1.72 bits per heavy atom. The van der Waals surface area contributed by atoms with Gasteiger partial charge in [0, 0.05) is 26.2 Å². The highest BCUT2D eigenvalue weighted by atomic mass is 32.1. The molecular formula is C21H29N5O5S. The molecule has 2 N–H and O–H groups in total. The lowest BCUT2D eigenvalue weighted by molar-refractivity contribution is -0.167. The van der Waals surface area contributed by atoms with Gasteiger partial charge in [-0.25, -0.2) is 19.5 Å². The number of carboxylic acids is 1. The summed E-state index contributed by atoms with van der Waals surface area (Å²) >= 11 is 1.35. The second-order valence-electron chi connectivity index (χ2n) is 8.74. The molecule has 32 heavy (non-hydrogen) atoms. The number of hydrogen-bond donors (Lipinski definition) is 2. The highest BCUT2D eigenvalue weighted by Crippen LogP contribution is 2.35. The zero-order valence-corrected chi connectivity index (χ0v) is 19.2. The van der Waals surface area contributed by atoms with Gasteiger partial charge >= 0.3 is 12.0 Å². The lowest BCUT2D eigenvalue weighted by atomic mass is 9.78. The van der Waals surface area contributed by atoms with Gasteiger partial charge in [-0.2, -0.15) is 0 Å². The Morgan fingerprint density at radius 1 is 1.09 bits per heavy atom. The number of aryl methyl sites for hydroxylation is 2. The van der Waals surface area contributed by atoms with Crippen molar-refractivity contribution >= 4 is 35.2 Å². The van der Waals surface area contributed by atoms with Crippen LogP contribution in [0.25, 0.3) is 0 Å². The first-order valence-corrected chi connectivity index (χ1v) is 11.9. The van der Waals surface area contributed by atoms with Crippen molar-refractivity contribution in [1.82, 2.24) is 25.0 Å². The first kappa shape index (κ1) is 22.7. The summed E-state index contributed by atoms with van der Waals surface area (Å²) in [6.07, 6.45) is 2.34. The van der Waals surface area contributed by atoms with Gasteiger partial charge in [-0.3, -0.25) is 9.59 Å². The van der Waals surface area contributed by atoms with Gasteiger partial charge in [0.05, 0.1) is 16.6 Å². The van der Waals surface area contributed by atoms with Crippen LogP contribution in [0, 0.1) is 25.7 Å². The monoisotopic (exact) mass is 463 g/mol. The maximum absolute atomic E-state index is 13.0. The Labute approximate surface area is 190 Å². The zero-order chi connectivity index (χ0) is 23.0. The van der Waals surface area contributed by atoms with E-state index in [1.54, 1.807) is 11.8 Å². The molecule has 0 spiro atoms. The van der Waals surface area contributed by atoms with E-state index < -0.39 is 29.9 Å². The molecule has 0 bridgehead atoms. The third kappa shape index (κ3) is 4.23. The number of nitrogens with one attached hydrogen (secondary N) is 1. The van der Waals surface area contributed by atoms with Gasteiger partial charge in [0.1, 0.15) is 4.88 Å². The summed E-state index contributed by atoms with van der Waals surface area (Å²) in [7, 11) is 0. The van der Waals surface area contributed by atoms with Gasteiger partial charge in [-0.1, -0.05) is 0 Å². The van der Waals surface area contributed by atoms with Crippen LogP contribution in [0.2, 0.25) is 0 Å². The highest BCUT2D eigenvalue weighted by Gasteiger charge is 2.56. The molecule has 4 amide bonds. The first-order chi connectivity index (χ1) is 15.3. The fraction of sp³-hybridized carbons (Fsp3) is 0.667. The molecule has 0 radical (unpaired) electrons. The molecule has 3 fully saturated rings. The van der Waals surface area contributed by atoms with Gasteiger partial charge in [0.25, 0.3) is 5.91 Å². The molecule has 3 aliphatic rings. The molecule has 3 aliphatic heterocycles. The fourth-order valence-corrected chi connectivity index (χ4v) is 5.76. The second-order valence-corrected chi connectivity index (χ2v) is 9.94. The Bertz CT molecular complexity index is 920. The van der Waals surface area contributed by atoms with Crippen LogP contribution in [0.5, 0.6) is 0 Å². The van der Waals surface area contributed by atoms with Gasteiger partial charge in [0.2, 0.25) is 5.91 Å². The number of amides is 4. The van der Waals surface area contributed by atoms with E-state index in [9.17, 15) is 24.3 Å². The molecule has 1 aromatic heterocycles. The number of urea groups is 1. The lowest BCUT2D eigenvalue weighted by Gasteiger charge is -2.47. The van der Waals surface area contributed by atoms with Gasteiger partial charge in [0.15, 0.2) is 6.04 Å². The molecule has 1 aromatic rings. The molecule has 2 atom stereocenters. The molecule has 3 saturated heterocycles. The van der Waals surface area contributed by atoms with Gasteiger partial charge in [-0.15, -0.1) is 11.3 Å². The van der Waals surface area contributed by atoms with E-state index in [1.165, 1.54) is 16.2 Å². The van der Waals surface area contributed by atoms with Crippen LogP contribution in [0.4, 0.5) is 4.79 Å². The summed E-state index contributed by atoms with van der Waals surface area (Å²) in [6.45, 7) is 6.58. The molecule has 0 aromatic carbocycles. The van der Waals surface area contributed by atoms with E-state index in [0.717, 1.165) is 35.8 Å². The van der Waals surface area contributed by atoms with Crippen molar-refractivity contribution in [2.75, 3.05) is 39.3 Å². The average molecular weight is 464 g/mol. The van der Waals surface area contributed by atoms with E-state index in [0.29, 0.717) is 36.0 Å². The number of carbonyl (C=O) groups is 4. The number of imide groups is 1. The molecule has 0 saturated carbocycles. The Morgan fingerprint density at radius 3 is 2.28 bits per heavy atom.